The standard InChI is InChI=1S/C16H14BrFN2OS/c17-15-4-2-1-3-13(15)10-22-11-16(21)20-19-9-12-5-7-14(18)8-6-12/h1-9H,10-11H2,(H,20,21). The van der Waals surface area contributed by atoms with E-state index in [4.69, 9.17) is 0 Å². The molecule has 0 aromatic heterocycles. The molecule has 0 spiro atoms. The van der Waals surface area contributed by atoms with E-state index in [2.05, 4.69) is 26.5 Å². The van der Waals surface area contributed by atoms with Gasteiger partial charge in [0.25, 0.3) is 0 Å². The van der Waals surface area contributed by atoms with Crippen LogP contribution < -0.4 is 5.43 Å². The first-order valence-electron chi connectivity index (χ1n) is 6.54. The third kappa shape index (κ3) is 5.61. The Morgan fingerprint density at radius 3 is 2.68 bits per heavy atom. The fraction of sp³-hybridized carbons (Fsp3) is 0.125. The van der Waals surface area contributed by atoms with Crippen LogP contribution in [0.2, 0.25) is 0 Å². The molecule has 0 aliphatic carbocycles. The second kappa shape index (κ2) is 8.70. The van der Waals surface area contributed by atoms with Crippen LogP contribution in [0.15, 0.2) is 58.1 Å². The smallest absolute Gasteiger partial charge is 0.250 e. The number of halogens is 2. The quantitative estimate of drug-likeness (QED) is 0.608. The maximum Gasteiger partial charge on any atom is 0.250 e. The van der Waals surface area contributed by atoms with E-state index in [0.29, 0.717) is 5.75 Å². The summed E-state index contributed by atoms with van der Waals surface area (Å²) in [5, 5.41) is 3.84. The topological polar surface area (TPSA) is 41.5 Å². The molecule has 0 radical (unpaired) electrons. The van der Waals surface area contributed by atoms with E-state index in [-0.39, 0.29) is 11.7 Å². The summed E-state index contributed by atoms with van der Waals surface area (Å²) < 4.78 is 13.8. The summed E-state index contributed by atoms with van der Waals surface area (Å²) in [6.45, 7) is 0. The lowest BCUT2D eigenvalue weighted by Gasteiger charge is -2.03. The normalized spacial score (nSPS) is 10.8. The molecule has 6 heteroatoms. The first kappa shape index (κ1) is 16.7. The van der Waals surface area contributed by atoms with Crippen molar-refractivity contribution in [3.8, 4) is 0 Å². The van der Waals surface area contributed by atoms with E-state index >= 15 is 0 Å². The molecule has 2 rings (SSSR count). The first-order valence-corrected chi connectivity index (χ1v) is 8.48. The lowest BCUT2D eigenvalue weighted by molar-refractivity contribution is -0.118. The van der Waals surface area contributed by atoms with Crippen LogP contribution in [0.4, 0.5) is 4.39 Å². The first-order chi connectivity index (χ1) is 10.6. The van der Waals surface area contributed by atoms with Crippen molar-refractivity contribution in [1.29, 1.82) is 0 Å². The number of hydrazone groups is 1. The van der Waals surface area contributed by atoms with Crippen LogP contribution in [0.1, 0.15) is 11.1 Å². The molecule has 3 nitrogen and oxygen atoms in total. The van der Waals surface area contributed by atoms with Gasteiger partial charge in [0.2, 0.25) is 5.91 Å². The third-order valence-corrected chi connectivity index (χ3v) is 4.48. The molecule has 0 fully saturated rings. The number of nitrogens with one attached hydrogen (secondary N) is 1. The zero-order chi connectivity index (χ0) is 15.8. The molecule has 0 heterocycles. The Bertz CT molecular complexity index is 661. The van der Waals surface area contributed by atoms with Crippen LogP contribution in [-0.4, -0.2) is 17.9 Å². The Kier molecular flexibility index (Phi) is 6.61. The molecule has 0 unspecified atom stereocenters. The molecule has 0 bridgehead atoms. The van der Waals surface area contributed by atoms with Crippen LogP contribution in [-0.2, 0) is 10.5 Å². The highest BCUT2D eigenvalue weighted by Crippen LogP contribution is 2.20. The minimum atomic E-state index is -0.301. The van der Waals surface area contributed by atoms with Gasteiger partial charge in [-0.15, -0.1) is 11.8 Å². The van der Waals surface area contributed by atoms with Crippen LogP contribution in [0, 0.1) is 5.82 Å². The molecule has 0 atom stereocenters. The van der Waals surface area contributed by atoms with Gasteiger partial charge in [-0.1, -0.05) is 46.3 Å². The van der Waals surface area contributed by atoms with Gasteiger partial charge in [0.05, 0.1) is 12.0 Å². The van der Waals surface area contributed by atoms with Crippen molar-refractivity contribution in [2.45, 2.75) is 5.75 Å². The van der Waals surface area contributed by atoms with E-state index in [1.54, 1.807) is 12.1 Å². The molecule has 0 aliphatic heterocycles. The molecule has 0 saturated carbocycles. The highest BCUT2D eigenvalue weighted by Gasteiger charge is 2.02. The molecule has 1 N–H and O–H groups in total. The number of rotatable bonds is 6. The van der Waals surface area contributed by atoms with Gasteiger partial charge in [-0.2, -0.15) is 5.10 Å². The van der Waals surface area contributed by atoms with Gasteiger partial charge in [0, 0.05) is 10.2 Å². The Hall–Kier alpha value is -1.66. The summed E-state index contributed by atoms with van der Waals surface area (Å²) in [7, 11) is 0. The second-order valence-corrected chi connectivity index (χ2v) is 6.27. The van der Waals surface area contributed by atoms with E-state index in [1.807, 2.05) is 24.3 Å². The molecule has 22 heavy (non-hydrogen) atoms. The molecular weight excluding hydrogens is 367 g/mol. The number of benzene rings is 2. The van der Waals surface area contributed by atoms with E-state index in [1.165, 1.54) is 30.1 Å². The molecule has 2 aromatic carbocycles. The summed E-state index contributed by atoms with van der Waals surface area (Å²) in [5.74, 6) is 0.596. The third-order valence-electron chi connectivity index (χ3n) is 2.72. The van der Waals surface area contributed by atoms with Gasteiger partial charge < -0.3 is 0 Å². The van der Waals surface area contributed by atoms with Gasteiger partial charge in [-0.3, -0.25) is 4.79 Å². The number of carbonyl (C=O) groups is 1. The second-order valence-electron chi connectivity index (χ2n) is 4.43. The van der Waals surface area contributed by atoms with E-state index in [0.717, 1.165) is 21.4 Å². The molecule has 0 saturated heterocycles. The average Bonchev–Trinajstić information content (AvgIpc) is 2.51. The number of carbonyl (C=O) groups excluding carboxylic acids is 1. The fourth-order valence-corrected chi connectivity index (χ4v) is 3.06. The van der Waals surface area contributed by atoms with Gasteiger partial charge in [-0.25, -0.2) is 9.82 Å². The molecule has 114 valence electrons. The number of hydrogen-bond donors (Lipinski definition) is 1. The molecule has 2 aromatic rings. The van der Waals surface area contributed by atoms with E-state index in [9.17, 15) is 9.18 Å². The summed E-state index contributed by atoms with van der Waals surface area (Å²) in [6.07, 6.45) is 1.48. The minimum absolute atomic E-state index is 0.171. The highest BCUT2D eigenvalue weighted by atomic mass is 79.9. The van der Waals surface area contributed by atoms with Crippen LogP contribution in [0.5, 0.6) is 0 Å². The number of thioether (sulfide) groups is 1. The van der Waals surface area contributed by atoms with Crippen molar-refractivity contribution in [2.75, 3.05) is 5.75 Å². The SMILES string of the molecule is O=C(CSCc1ccccc1Br)NN=Cc1ccc(F)cc1. The Balaban J connectivity index is 1.72. The lowest BCUT2D eigenvalue weighted by atomic mass is 10.2. The zero-order valence-corrected chi connectivity index (χ0v) is 14.0. The number of hydrogen-bond acceptors (Lipinski definition) is 3. The van der Waals surface area contributed by atoms with Gasteiger partial charge in [0.15, 0.2) is 0 Å². The Labute approximate surface area is 141 Å². The summed E-state index contributed by atoms with van der Waals surface area (Å²) >= 11 is 4.98. The van der Waals surface area contributed by atoms with Crippen LogP contribution >= 0.6 is 27.7 Å². The minimum Gasteiger partial charge on any atom is -0.272 e. The average molecular weight is 381 g/mol. The molecule has 1 amide bonds. The predicted molar refractivity (Wildman–Crippen MR) is 92.4 cm³/mol. The Morgan fingerprint density at radius 2 is 1.95 bits per heavy atom. The molecular formula is C16H14BrFN2OS. The monoisotopic (exact) mass is 380 g/mol. The van der Waals surface area contributed by atoms with Gasteiger partial charge in [-0.05, 0) is 29.3 Å². The van der Waals surface area contributed by atoms with Crippen molar-refractivity contribution in [3.05, 3.63) is 69.9 Å². The van der Waals surface area contributed by atoms with Crippen molar-refractivity contribution < 1.29 is 9.18 Å². The van der Waals surface area contributed by atoms with Gasteiger partial charge >= 0.3 is 0 Å². The summed E-state index contributed by atoms with van der Waals surface area (Å²) in [5.41, 5.74) is 4.32. The highest BCUT2D eigenvalue weighted by molar-refractivity contribution is 9.10. The largest absolute Gasteiger partial charge is 0.272 e. The summed E-state index contributed by atoms with van der Waals surface area (Å²) in [4.78, 5) is 11.6. The van der Waals surface area contributed by atoms with Crippen molar-refractivity contribution in [2.24, 2.45) is 5.10 Å². The van der Waals surface area contributed by atoms with Crippen LogP contribution in [0.25, 0.3) is 0 Å². The van der Waals surface area contributed by atoms with E-state index < -0.39 is 0 Å². The van der Waals surface area contributed by atoms with Gasteiger partial charge in [0.1, 0.15) is 5.82 Å². The maximum absolute atomic E-state index is 12.7. The zero-order valence-electron chi connectivity index (χ0n) is 11.6. The summed E-state index contributed by atoms with van der Waals surface area (Å²) in [6, 6.07) is 13.8. The van der Waals surface area contributed by atoms with Crippen molar-refractivity contribution >= 4 is 39.8 Å². The number of nitrogens with zero attached hydrogens (tertiary/aromatic N) is 1. The maximum atomic E-state index is 12.7. The fourth-order valence-electron chi connectivity index (χ4n) is 1.63. The molecule has 0 aliphatic rings. The predicted octanol–water partition coefficient (Wildman–Crippen LogP) is 3.97. The lowest BCUT2D eigenvalue weighted by Crippen LogP contribution is -2.19. The Morgan fingerprint density at radius 1 is 1.23 bits per heavy atom. The number of amides is 1. The van der Waals surface area contributed by atoms with Crippen molar-refractivity contribution in [3.63, 3.8) is 0 Å². The van der Waals surface area contributed by atoms with Crippen LogP contribution in [0.3, 0.4) is 0 Å². The van der Waals surface area contributed by atoms with Crippen molar-refractivity contribution in [1.82, 2.24) is 5.43 Å².